The summed E-state index contributed by atoms with van der Waals surface area (Å²) in [6.45, 7) is -1.14. The summed E-state index contributed by atoms with van der Waals surface area (Å²) in [7, 11) is 0. The quantitative estimate of drug-likeness (QED) is 0.242. The molecule has 0 aromatic carbocycles. The van der Waals surface area contributed by atoms with Crippen molar-refractivity contribution >= 4 is 34.6 Å². The average molecular weight is 241 g/mol. The van der Waals surface area contributed by atoms with Crippen LogP contribution in [-0.4, -0.2) is 22.9 Å². The van der Waals surface area contributed by atoms with Gasteiger partial charge in [-0.05, 0) is 23.5 Å². The molecule has 0 aliphatic carbocycles. The summed E-state index contributed by atoms with van der Waals surface area (Å²) < 4.78 is 11.6. The van der Waals surface area contributed by atoms with E-state index in [1.54, 1.807) is 0 Å². The molecule has 1 aliphatic heterocycles. The molecule has 0 radical (unpaired) electrons. The normalized spacial score (nSPS) is 16.9. The highest BCUT2D eigenvalue weighted by atomic mass is 35.5. The number of hydrogen-bond donors (Lipinski definition) is 2. The number of amidine groups is 1. The fourth-order valence-corrected chi connectivity index (χ4v) is 1.27. The Bertz CT molecular complexity index is 297. The minimum atomic E-state index is -1.14. The molecule has 3 N–H and O–H groups in total. The van der Waals surface area contributed by atoms with E-state index >= 15 is 0 Å². The van der Waals surface area contributed by atoms with Crippen molar-refractivity contribution in [3.8, 4) is 0 Å². The SMILES string of the molecule is NC1=CN(/C(=N\OCF)C(=O)Cl)NS1. The molecule has 0 atom stereocenters. The summed E-state index contributed by atoms with van der Waals surface area (Å²) in [6.07, 6.45) is 1.37. The summed E-state index contributed by atoms with van der Waals surface area (Å²) in [5.41, 5.74) is 5.39. The predicted molar refractivity (Wildman–Crippen MR) is 50.2 cm³/mol. The number of carbonyl (C=O) groups is 1. The first-order valence-electron chi connectivity index (χ1n) is 3.30. The molecule has 9 heteroatoms. The van der Waals surface area contributed by atoms with Crippen molar-refractivity contribution in [3.63, 3.8) is 0 Å². The first kappa shape index (κ1) is 11.1. The van der Waals surface area contributed by atoms with Crippen LogP contribution in [0.15, 0.2) is 16.4 Å². The van der Waals surface area contributed by atoms with Crippen LogP contribution in [0.25, 0.3) is 0 Å². The molecule has 1 heterocycles. The topological polar surface area (TPSA) is 79.9 Å². The Hall–Kier alpha value is -0.990. The molecule has 14 heavy (non-hydrogen) atoms. The van der Waals surface area contributed by atoms with Crippen LogP contribution in [0.4, 0.5) is 4.39 Å². The lowest BCUT2D eigenvalue weighted by molar-refractivity contribution is -0.107. The van der Waals surface area contributed by atoms with E-state index in [4.69, 9.17) is 17.3 Å². The van der Waals surface area contributed by atoms with Crippen LogP contribution in [0.3, 0.4) is 0 Å². The number of oxime groups is 1. The summed E-state index contributed by atoms with van der Waals surface area (Å²) in [6, 6.07) is 0. The number of nitrogens with two attached hydrogens (primary N) is 1. The Kier molecular flexibility index (Phi) is 3.98. The number of nitrogens with zero attached hydrogens (tertiary/aromatic N) is 2. The monoisotopic (exact) mass is 240 g/mol. The van der Waals surface area contributed by atoms with Crippen molar-refractivity contribution in [1.82, 2.24) is 9.84 Å². The summed E-state index contributed by atoms with van der Waals surface area (Å²) >= 11 is 6.23. The van der Waals surface area contributed by atoms with Crippen LogP contribution in [0.2, 0.25) is 0 Å². The van der Waals surface area contributed by atoms with E-state index in [-0.39, 0.29) is 5.84 Å². The summed E-state index contributed by atoms with van der Waals surface area (Å²) in [4.78, 5) is 17.5. The minimum Gasteiger partial charge on any atom is -0.391 e. The molecular formula is C5H6ClFN4O2S. The third kappa shape index (κ3) is 2.76. The highest BCUT2D eigenvalue weighted by molar-refractivity contribution is 8.01. The largest absolute Gasteiger partial charge is 0.391 e. The number of halogens is 2. The van der Waals surface area contributed by atoms with Gasteiger partial charge in [0.1, 0.15) is 5.03 Å². The van der Waals surface area contributed by atoms with Gasteiger partial charge in [-0.1, -0.05) is 5.16 Å². The molecule has 0 saturated heterocycles. The number of carbonyl (C=O) groups excluding carboxylic acids is 1. The van der Waals surface area contributed by atoms with Gasteiger partial charge in [-0.15, -0.1) is 0 Å². The highest BCUT2D eigenvalue weighted by Crippen LogP contribution is 2.15. The molecule has 0 aromatic rings. The molecule has 78 valence electrons. The van der Waals surface area contributed by atoms with Crippen LogP contribution in [0.1, 0.15) is 0 Å². The van der Waals surface area contributed by atoms with Gasteiger partial charge < -0.3 is 10.6 Å². The molecule has 0 spiro atoms. The predicted octanol–water partition coefficient (Wildman–Crippen LogP) is 0.235. The maximum atomic E-state index is 11.6. The molecule has 0 unspecified atom stereocenters. The summed E-state index contributed by atoms with van der Waals surface area (Å²) in [5.74, 6) is -0.294. The van der Waals surface area contributed by atoms with E-state index in [0.29, 0.717) is 5.03 Å². The van der Waals surface area contributed by atoms with Gasteiger partial charge in [-0.25, -0.2) is 9.40 Å². The van der Waals surface area contributed by atoms with Gasteiger partial charge in [0.15, 0.2) is 0 Å². The van der Waals surface area contributed by atoms with E-state index < -0.39 is 12.1 Å². The van der Waals surface area contributed by atoms with E-state index in [9.17, 15) is 9.18 Å². The number of rotatable bonds is 3. The molecule has 6 nitrogen and oxygen atoms in total. The van der Waals surface area contributed by atoms with E-state index in [2.05, 4.69) is 14.8 Å². The zero-order valence-corrected chi connectivity index (χ0v) is 8.31. The van der Waals surface area contributed by atoms with Crippen molar-refractivity contribution in [2.24, 2.45) is 10.9 Å². The lowest BCUT2D eigenvalue weighted by atomic mass is 10.6. The van der Waals surface area contributed by atoms with Crippen LogP contribution >= 0.6 is 23.5 Å². The second-order valence-corrected chi connectivity index (χ2v) is 3.22. The van der Waals surface area contributed by atoms with Crippen LogP contribution < -0.4 is 10.6 Å². The fourth-order valence-electron chi connectivity index (χ4n) is 0.646. The van der Waals surface area contributed by atoms with Crippen molar-refractivity contribution in [3.05, 3.63) is 11.2 Å². The van der Waals surface area contributed by atoms with Crippen molar-refractivity contribution < 1.29 is 14.0 Å². The second-order valence-electron chi connectivity index (χ2n) is 2.02. The number of alkyl halides is 1. The van der Waals surface area contributed by atoms with Crippen molar-refractivity contribution in [1.29, 1.82) is 0 Å². The Morgan fingerprint density at radius 3 is 3.07 bits per heavy atom. The van der Waals surface area contributed by atoms with Crippen LogP contribution in [0.5, 0.6) is 0 Å². The Balaban J connectivity index is 2.73. The number of hydrogen-bond acceptors (Lipinski definition) is 6. The van der Waals surface area contributed by atoms with Gasteiger partial charge in [0.2, 0.25) is 5.84 Å². The third-order valence-electron chi connectivity index (χ3n) is 1.12. The molecule has 0 saturated carbocycles. The molecule has 0 bridgehead atoms. The third-order valence-corrected chi connectivity index (χ3v) is 1.92. The Morgan fingerprint density at radius 1 is 1.93 bits per heavy atom. The molecule has 0 aromatic heterocycles. The summed E-state index contributed by atoms with van der Waals surface area (Å²) in [5, 5.41) is 3.82. The van der Waals surface area contributed by atoms with Crippen molar-refractivity contribution in [2.45, 2.75) is 0 Å². The van der Waals surface area contributed by atoms with Crippen LogP contribution in [0, 0.1) is 0 Å². The van der Waals surface area contributed by atoms with Gasteiger partial charge >= 0.3 is 0 Å². The van der Waals surface area contributed by atoms with Gasteiger partial charge in [0.05, 0.1) is 6.20 Å². The van der Waals surface area contributed by atoms with Gasteiger partial charge in [0.25, 0.3) is 12.1 Å². The lowest BCUT2D eigenvalue weighted by Gasteiger charge is -2.12. The average Bonchev–Trinajstić information content (AvgIpc) is 2.52. The maximum Gasteiger partial charge on any atom is 0.292 e. The molecule has 1 rings (SSSR count). The van der Waals surface area contributed by atoms with E-state index in [1.165, 1.54) is 6.20 Å². The van der Waals surface area contributed by atoms with Gasteiger partial charge in [-0.2, -0.15) is 4.83 Å². The number of nitrogens with one attached hydrogen (secondary N) is 1. The van der Waals surface area contributed by atoms with Crippen LogP contribution in [-0.2, 0) is 9.63 Å². The van der Waals surface area contributed by atoms with Crippen molar-refractivity contribution in [2.75, 3.05) is 6.86 Å². The molecular weight excluding hydrogens is 235 g/mol. The van der Waals surface area contributed by atoms with E-state index in [1.807, 2.05) is 0 Å². The number of hydrazine groups is 1. The molecule has 1 aliphatic rings. The smallest absolute Gasteiger partial charge is 0.292 e. The standard InChI is InChI=1S/C5H6ClFN4O2S/c6-4(12)5(9-13-2-7)11-1-3(8)14-10-11/h1,10H,2,8H2/b9-5-. The van der Waals surface area contributed by atoms with Gasteiger partial charge in [0, 0.05) is 0 Å². The molecule has 0 amide bonds. The highest BCUT2D eigenvalue weighted by Gasteiger charge is 2.21. The Morgan fingerprint density at radius 2 is 2.64 bits per heavy atom. The first-order valence-corrected chi connectivity index (χ1v) is 4.49. The zero-order valence-electron chi connectivity index (χ0n) is 6.74. The lowest BCUT2D eigenvalue weighted by Crippen LogP contribution is -2.35. The van der Waals surface area contributed by atoms with E-state index in [0.717, 1.165) is 17.0 Å². The second kappa shape index (κ2) is 5.03. The molecule has 0 fully saturated rings. The minimum absolute atomic E-state index is 0.294. The zero-order chi connectivity index (χ0) is 10.6. The fraction of sp³-hybridized carbons (Fsp3) is 0.200. The maximum absolute atomic E-state index is 11.6. The Labute approximate surface area is 88.0 Å². The van der Waals surface area contributed by atoms with Gasteiger partial charge in [-0.3, -0.25) is 4.79 Å². The first-order chi connectivity index (χ1) is 6.65.